The molecule has 0 aromatic heterocycles. The van der Waals surface area contributed by atoms with Crippen LogP contribution in [0.3, 0.4) is 0 Å². The van der Waals surface area contributed by atoms with Gasteiger partial charge in [0.05, 0.1) is 25.2 Å². The van der Waals surface area contributed by atoms with Crippen LogP contribution in [0.2, 0.25) is 0 Å². The molecule has 0 bridgehead atoms. The number of morpholine rings is 1. The Bertz CT molecular complexity index is 335. The molecule has 1 N–H and O–H groups in total. The van der Waals surface area contributed by atoms with E-state index in [9.17, 15) is 9.59 Å². The van der Waals surface area contributed by atoms with Gasteiger partial charge in [0.1, 0.15) is 0 Å². The zero-order valence-corrected chi connectivity index (χ0v) is 12.1. The monoisotopic (exact) mass is 272 g/mol. The highest BCUT2D eigenvalue weighted by Gasteiger charge is 2.32. The van der Waals surface area contributed by atoms with E-state index in [1.165, 1.54) is 0 Å². The third-order valence-corrected chi connectivity index (χ3v) is 3.44. The van der Waals surface area contributed by atoms with Crippen molar-refractivity contribution in [2.75, 3.05) is 19.7 Å². The average Bonchev–Trinajstić information content (AvgIpc) is 2.32. The first kappa shape index (κ1) is 15.8. The first-order valence-corrected chi connectivity index (χ1v) is 6.77. The zero-order chi connectivity index (χ0) is 14.6. The molecule has 0 radical (unpaired) electrons. The van der Waals surface area contributed by atoms with Gasteiger partial charge in [0.2, 0.25) is 0 Å². The standard InChI is InChI=1S/C13H24N2O4/c1-5-14(9(2)6-12(16)17)13(18)15-7-11(4)19-8-10(15)3/h9-11H,5-8H2,1-4H3,(H,16,17). The minimum Gasteiger partial charge on any atom is -0.481 e. The summed E-state index contributed by atoms with van der Waals surface area (Å²) in [7, 11) is 0. The molecule has 6 heteroatoms. The summed E-state index contributed by atoms with van der Waals surface area (Å²) >= 11 is 0. The van der Waals surface area contributed by atoms with Crippen LogP contribution < -0.4 is 0 Å². The van der Waals surface area contributed by atoms with Crippen molar-refractivity contribution in [3.8, 4) is 0 Å². The average molecular weight is 272 g/mol. The van der Waals surface area contributed by atoms with Gasteiger partial charge in [0.25, 0.3) is 0 Å². The summed E-state index contributed by atoms with van der Waals surface area (Å²) in [6, 6.07) is -0.381. The fourth-order valence-corrected chi connectivity index (χ4v) is 2.33. The lowest BCUT2D eigenvalue weighted by atomic mass is 10.2. The number of hydrogen-bond donors (Lipinski definition) is 1. The van der Waals surface area contributed by atoms with Gasteiger partial charge in [-0.2, -0.15) is 0 Å². The van der Waals surface area contributed by atoms with Crippen LogP contribution in [-0.2, 0) is 9.53 Å². The van der Waals surface area contributed by atoms with Gasteiger partial charge in [0.15, 0.2) is 0 Å². The molecule has 1 fully saturated rings. The molecule has 0 aliphatic carbocycles. The number of nitrogens with zero attached hydrogens (tertiary/aromatic N) is 2. The van der Waals surface area contributed by atoms with E-state index in [0.717, 1.165) is 0 Å². The van der Waals surface area contributed by atoms with Crippen LogP contribution in [0.25, 0.3) is 0 Å². The van der Waals surface area contributed by atoms with E-state index in [1.807, 2.05) is 20.8 Å². The highest BCUT2D eigenvalue weighted by molar-refractivity contribution is 5.76. The molecular formula is C13H24N2O4. The lowest BCUT2D eigenvalue weighted by Gasteiger charge is -2.41. The molecule has 110 valence electrons. The largest absolute Gasteiger partial charge is 0.481 e. The van der Waals surface area contributed by atoms with Gasteiger partial charge in [-0.3, -0.25) is 4.79 Å². The third kappa shape index (κ3) is 4.09. The minimum absolute atomic E-state index is 0.0219. The van der Waals surface area contributed by atoms with Crippen molar-refractivity contribution in [2.24, 2.45) is 0 Å². The van der Waals surface area contributed by atoms with E-state index in [2.05, 4.69) is 0 Å². The van der Waals surface area contributed by atoms with Crippen molar-refractivity contribution < 1.29 is 19.4 Å². The number of carbonyl (C=O) groups excluding carboxylic acids is 1. The van der Waals surface area contributed by atoms with E-state index >= 15 is 0 Å². The Labute approximate surface area is 114 Å². The summed E-state index contributed by atoms with van der Waals surface area (Å²) in [5.41, 5.74) is 0. The summed E-state index contributed by atoms with van der Waals surface area (Å²) in [6.07, 6.45) is -0.0120. The summed E-state index contributed by atoms with van der Waals surface area (Å²) in [5, 5.41) is 8.84. The van der Waals surface area contributed by atoms with E-state index < -0.39 is 5.97 Å². The van der Waals surface area contributed by atoms with E-state index in [1.54, 1.807) is 16.7 Å². The van der Waals surface area contributed by atoms with Crippen LogP contribution in [0.15, 0.2) is 0 Å². The van der Waals surface area contributed by atoms with Crippen molar-refractivity contribution in [3.05, 3.63) is 0 Å². The van der Waals surface area contributed by atoms with Gasteiger partial charge in [-0.25, -0.2) is 4.79 Å². The molecule has 0 spiro atoms. The predicted octanol–water partition coefficient (Wildman–Crippen LogP) is 1.40. The van der Waals surface area contributed by atoms with E-state index in [-0.39, 0.29) is 30.6 Å². The molecular weight excluding hydrogens is 248 g/mol. The number of carbonyl (C=O) groups is 2. The van der Waals surface area contributed by atoms with Crippen LogP contribution in [0.4, 0.5) is 4.79 Å². The van der Waals surface area contributed by atoms with Gasteiger partial charge in [-0.1, -0.05) is 0 Å². The van der Waals surface area contributed by atoms with Crippen molar-refractivity contribution in [3.63, 3.8) is 0 Å². The maximum absolute atomic E-state index is 12.5. The molecule has 1 rings (SSSR count). The van der Waals surface area contributed by atoms with Crippen LogP contribution in [0.1, 0.15) is 34.1 Å². The number of rotatable bonds is 4. The quantitative estimate of drug-likeness (QED) is 0.840. The summed E-state index contributed by atoms with van der Waals surface area (Å²) in [4.78, 5) is 26.7. The smallest absolute Gasteiger partial charge is 0.320 e. The summed E-state index contributed by atoms with van der Waals surface area (Å²) in [5.74, 6) is -0.887. The molecule has 1 aliphatic heterocycles. The maximum Gasteiger partial charge on any atom is 0.320 e. The number of carboxylic acids is 1. The Morgan fingerprint density at radius 3 is 2.63 bits per heavy atom. The number of urea groups is 1. The molecule has 0 aromatic rings. The SMILES string of the molecule is CCN(C(=O)N1CC(C)OCC1C)C(C)CC(=O)O. The molecule has 0 saturated carbocycles. The van der Waals surface area contributed by atoms with Crippen molar-refractivity contribution in [1.29, 1.82) is 0 Å². The second-order valence-electron chi connectivity index (χ2n) is 5.16. The molecule has 3 unspecified atom stereocenters. The first-order chi connectivity index (χ1) is 8.86. The predicted molar refractivity (Wildman–Crippen MR) is 71.1 cm³/mol. The molecule has 3 atom stereocenters. The second kappa shape index (κ2) is 6.75. The lowest BCUT2D eigenvalue weighted by molar-refractivity contribution is -0.138. The Morgan fingerprint density at radius 2 is 2.11 bits per heavy atom. The van der Waals surface area contributed by atoms with Crippen molar-refractivity contribution in [2.45, 2.75) is 52.3 Å². The number of ether oxygens (including phenoxy) is 1. The normalized spacial score (nSPS) is 24.9. The van der Waals surface area contributed by atoms with E-state index in [4.69, 9.17) is 9.84 Å². The van der Waals surface area contributed by atoms with Gasteiger partial charge in [0, 0.05) is 19.1 Å². The first-order valence-electron chi connectivity index (χ1n) is 6.77. The van der Waals surface area contributed by atoms with Crippen LogP contribution in [-0.4, -0.2) is 64.8 Å². The lowest BCUT2D eigenvalue weighted by Crippen LogP contribution is -2.56. The molecule has 1 saturated heterocycles. The van der Waals surface area contributed by atoms with Crippen molar-refractivity contribution >= 4 is 12.0 Å². The topological polar surface area (TPSA) is 70.1 Å². The molecule has 1 aliphatic rings. The van der Waals surface area contributed by atoms with Gasteiger partial charge >= 0.3 is 12.0 Å². The summed E-state index contributed by atoms with van der Waals surface area (Å²) < 4.78 is 5.50. The highest BCUT2D eigenvalue weighted by atomic mass is 16.5. The Balaban J connectivity index is 2.73. The molecule has 0 aromatic carbocycles. The molecule has 1 heterocycles. The minimum atomic E-state index is -0.887. The van der Waals surface area contributed by atoms with Crippen LogP contribution in [0, 0.1) is 0 Å². The van der Waals surface area contributed by atoms with Gasteiger partial charge in [-0.05, 0) is 27.7 Å². The molecule has 6 nitrogen and oxygen atoms in total. The molecule has 2 amide bonds. The zero-order valence-electron chi connectivity index (χ0n) is 12.1. The Hall–Kier alpha value is -1.30. The fourth-order valence-electron chi connectivity index (χ4n) is 2.33. The number of aliphatic carboxylic acids is 1. The van der Waals surface area contributed by atoms with Crippen molar-refractivity contribution in [1.82, 2.24) is 9.80 Å². The number of carboxylic acid groups (broad SMARTS) is 1. The third-order valence-electron chi connectivity index (χ3n) is 3.44. The van der Waals surface area contributed by atoms with Crippen LogP contribution in [0.5, 0.6) is 0 Å². The highest BCUT2D eigenvalue weighted by Crippen LogP contribution is 2.16. The Kier molecular flexibility index (Phi) is 5.60. The maximum atomic E-state index is 12.5. The Morgan fingerprint density at radius 1 is 1.47 bits per heavy atom. The van der Waals surface area contributed by atoms with Gasteiger partial charge in [-0.15, -0.1) is 0 Å². The van der Waals surface area contributed by atoms with Crippen LogP contribution >= 0.6 is 0 Å². The summed E-state index contributed by atoms with van der Waals surface area (Å²) in [6.45, 7) is 9.09. The van der Waals surface area contributed by atoms with Gasteiger partial charge < -0.3 is 19.6 Å². The number of amides is 2. The number of hydrogen-bond acceptors (Lipinski definition) is 3. The second-order valence-corrected chi connectivity index (χ2v) is 5.16. The fraction of sp³-hybridized carbons (Fsp3) is 0.846. The molecule has 19 heavy (non-hydrogen) atoms. The van der Waals surface area contributed by atoms with E-state index in [0.29, 0.717) is 19.7 Å².